The molecule has 0 radical (unpaired) electrons. The molecule has 2 N–H and O–H groups in total. The van der Waals surface area contributed by atoms with Gasteiger partial charge in [-0.2, -0.15) is 0 Å². The number of amides is 4. The van der Waals surface area contributed by atoms with E-state index in [9.17, 15) is 14.4 Å². The third-order valence-electron chi connectivity index (χ3n) is 4.48. The van der Waals surface area contributed by atoms with Crippen molar-refractivity contribution in [1.29, 1.82) is 0 Å². The van der Waals surface area contributed by atoms with Crippen LogP contribution in [0.15, 0.2) is 35.7 Å². The normalized spacial score (nSPS) is 13.9. The topological polar surface area (TPSA) is 94.6 Å². The Kier molecular flexibility index (Phi) is 6.59. The van der Waals surface area contributed by atoms with Crippen LogP contribution in [0.25, 0.3) is 0 Å². The van der Waals surface area contributed by atoms with Gasteiger partial charge in [-0.1, -0.05) is 18.2 Å². The van der Waals surface area contributed by atoms with Crippen molar-refractivity contribution in [3.8, 4) is 0 Å². The van der Waals surface area contributed by atoms with Gasteiger partial charge in [0.05, 0.1) is 5.69 Å². The lowest BCUT2D eigenvalue weighted by Gasteiger charge is -2.34. The van der Waals surface area contributed by atoms with Crippen molar-refractivity contribution < 1.29 is 14.4 Å². The first-order chi connectivity index (χ1) is 13.5. The fraction of sp³-hybridized carbons (Fsp3) is 0.368. The average molecular weight is 401 g/mol. The van der Waals surface area contributed by atoms with E-state index >= 15 is 0 Å². The van der Waals surface area contributed by atoms with Gasteiger partial charge in [-0.05, 0) is 18.6 Å². The molecule has 0 unspecified atom stereocenters. The second-order valence-corrected chi connectivity index (χ2v) is 7.33. The first kappa shape index (κ1) is 19.8. The van der Waals surface area contributed by atoms with E-state index in [0.29, 0.717) is 49.8 Å². The Hall–Kier alpha value is -2.94. The Morgan fingerprint density at radius 2 is 1.71 bits per heavy atom. The molecular weight excluding hydrogens is 378 g/mol. The van der Waals surface area contributed by atoms with Gasteiger partial charge < -0.3 is 15.1 Å². The molecule has 4 amide bonds. The third-order valence-corrected chi connectivity index (χ3v) is 5.28. The van der Waals surface area contributed by atoms with Gasteiger partial charge in [0, 0.05) is 50.6 Å². The number of rotatable bonds is 5. The number of aromatic nitrogens is 1. The molecule has 28 heavy (non-hydrogen) atoms. The van der Waals surface area contributed by atoms with Gasteiger partial charge in [0.25, 0.3) is 0 Å². The number of carbonyl (C=O) groups is 3. The molecule has 9 heteroatoms. The summed E-state index contributed by atoms with van der Waals surface area (Å²) in [7, 11) is 0. The molecule has 2 aromatic rings. The van der Waals surface area contributed by atoms with Crippen molar-refractivity contribution in [2.75, 3.05) is 36.8 Å². The van der Waals surface area contributed by atoms with E-state index in [1.54, 1.807) is 28.9 Å². The number of anilines is 2. The van der Waals surface area contributed by atoms with E-state index in [-0.39, 0.29) is 17.8 Å². The molecule has 0 atom stereocenters. The quantitative estimate of drug-likeness (QED) is 0.804. The number of aryl methyl sites for hydroxylation is 1. The summed E-state index contributed by atoms with van der Waals surface area (Å²) in [5.74, 6) is 0.110. The molecule has 1 aromatic carbocycles. The van der Waals surface area contributed by atoms with Gasteiger partial charge in [0.1, 0.15) is 0 Å². The van der Waals surface area contributed by atoms with Gasteiger partial charge in [-0.25, -0.2) is 9.78 Å². The van der Waals surface area contributed by atoms with Crippen LogP contribution in [0.4, 0.5) is 15.6 Å². The Bertz CT molecular complexity index is 831. The number of urea groups is 1. The fourth-order valence-electron chi connectivity index (χ4n) is 2.92. The number of hydrogen-bond acceptors (Lipinski definition) is 5. The third kappa shape index (κ3) is 5.53. The van der Waals surface area contributed by atoms with E-state index in [4.69, 9.17) is 0 Å². The molecule has 0 saturated carbocycles. The molecular formula is C19H23N5O3S. The van der Waals surface area contributed by atoms with Gasteiger partial charge >= 0.3 is 6.03 Å². The zero-order valence-corrected chi connectivity index (χ0v) is 16.5. The molecule has 1 aliphatic rings. The second-order valence-electron chi connectivity index (χ2n) is 6.48. The van der Waals surface area contributed by atoms with Crippen LogP contribution in [0.1, 0.15) is 19.0 Å². The molecule has 0 bridgehead atoms. The molecule has 1 aliphatic heterocycles. The predicted octanol–water partition coefficient (Wildman–Crippen LogP) is 2.41. The molecule has 0 aliphatic carbocycles. The molecule has 148 valence electrons. The number of benzene rings is 1. The maximum Gasteiger partial charge on any atom is 0.325 e. The summed E-state index contributed by atoms with van der Waals surface area (Å²) in [6, 6.07) is 8.80. The summed E-state index contributed by atoms with van der Waals surface area (Å²) in [6.07, 6.45) is 0.879. The highest BCUT2D eigenvalue weighted by atomic mass is 32.1. The number of hydrogen-bond donors (Lipinski definition) is 2. The standard InChI is InChI=1S/C19H23N5O3S/c1-14(25)23-9-11-24(12-10-23)17(26)8-7-16-13-28-19(21-16)22-18(27)20-15-5-3-2-4-6-15/h2-6,13H,7-12H2,1H3,(H2,20,21,22,27). The van der Waals surface area contributed by atoms with E-state index in [1.807, 2.05) is 23.6 Å². The number of carbonyl (C=O) groups excluding carboxylic acids is 3. The highest BCUT2D eigenvalue weighted by molar-refractivity contribution is 7.13. The summed E-state index contributed by atoms with van der Waals surface area (Å²) >= 11 is 1.33. The minimum atomic E-state index is -0.355. The summed E-state index contributed by atoms with van der Waals surface area (Å²) in [5.41, 5.74) is 1.47. The Labute approximate surface area is 167 Å². The van der Waals surface area contributed by atoms with Crippen molar-refractivity contribution in [2.24, 2.45) is 0 Å². The largest absolute Gasteiger partial charge is 0.339 e. The Morgan fingerprint density at radius 3 is 2.39 bits per heavy atom. The SMILES string of the molecule is CC(=O)N1CCN(C(=O)CCc2csc(NC(=O)Nc3ccccc3)n2)CC1. The number of nitrogens with zero attached hydrogens (tertiary/aromatic N) is 3. The smallest absolute Gasteiger partial charge is 0.325 e. The highest BCUT2D eigenvalue weighted by Gasteiger charge is 2.22. The summed E-state index contributed by atoms with van der Waals surface area (Å²) < 4.78 is 0. The number of para-hydroxylation sites is 1. The van der Waals surface area contributed by atoms with Gasteiger partial charge in [-0.3, -0.25) is 14.9 Å². The van der Waals surface area contributed by atoms with Crippen LogP contribution in [0.2, 0.25) is 0 Å². The minimum Gasteiger partial charge on any atom is -0.339 e. The second kappa shape index (κ2) is 9.32. The molecule has 8 nitrogen and oxygen atoms in total. The number of thiazole rings is 1. The lowest BCUT2D eigenvalue weighted by Crippen LogP contribution is -2.50. The average Bonchev–Trinajstić information content (AvgIpc) is 3.14. The van der Waals surface area contributed by atoms with Crippen molar-refractivity contribution >= 4 is 40.0 Å². The first-order valence-corrected chi connectivity index (χ1v) is 10.00. The van der Waals surface area contributed by atoms with Crippen LogP contribution in [0.3, 0.4) is 0 Å². The van der Waals surface area contributed by atoms with Crippen LogP contribution >= 0.6 is 11.3 Å². The molecule has 0 spiro atoms. The molecule has 1 saturated heterocycles. The highest BCUT2D eigenvalue weighted by Crippen LogP contribution is 2.18. The lowest BCUT2D eigenvalue weighted by molar-refractivity contribution is -0.138. The monoisotopic (exact) mass is 401 g/mol. The Balaban J connectivity index is 1.42. The summed E-state index contributed by atoms with van der Waals surface area (Å²) in [5, 5.41) is 7.77. The van der Waals surface area contributed by atoms with Crippen molar-refractivity contribution in [1.82, 2.24) is 14.8 Å². The maximum atomic E-state index is 12.4. The molecule has 1 aromatic heterocycles. The molecule has 2 heterocycles. The van der Waals surface area contributed by atoms with E-state index < -0.39 is 0 Å². The summed E-state index contributed by atoms with van der Waals surface area (Å²) in [4.78, 5) is 43.6. The molecule has 3 rings (SSSR count). The zero-order chi connectivity index (χ0) is 19.9. The van der Waals surface area contributed by atoms with Gasteiger partial charge in [0.2, 0.25) is 11.8 Å². The van der Waals surface area contributed by atoms with Gasteiger partial charge in [-0.15, -0.1) is 11.3 Å². The van der Waals surface area contributed by atoms with Crippen LogP contribution in [0.5, 0.6) is 0 Å². The lowest BCUT2D eigenvalue weighted by atomic mass is 10.2. The van der Waals surface area contributed by atoms with Crippen molar-refractivity contribution in [2.45, 2.75) is 19.8 Å². The summed E-state index contributed by atoms with van der Waals surface area (Å²) in [6.45, 7) is 3.86. The number of piperazine rings is 1. The first-order valence-electron chi connectivity index (χ1n) is 9.12. The number of nitrogens with one attached hydrogen (secondary N) is 2. The van der Waals surface area contributed by atoms with Crippen LogP contribution in [0, 0.1) is 0 Å². The van der Waals surface area contributed by atoms with E-state index in [1.165, 1.54) is 11.3 Å². The van der Waals surface area contributed by atoms with E-state index in [2.05, 4.69) is 15.6 Å². The van der Waals surface area contributed by atoms with Crippen molar-refractivity contribution in [3.63, 3.8) is 0 Å². The van der Waals surface area contributed by atoms with E-state index in [0.717, 1.165) is 5.69 Å². The van der Waals surface area contributed by atoms with Crippen LogP contribution in [-0.4, -0.2) is 58.8 Å². The fourth-order valence-corrected chi connectivity index (χ4v) is 3.66. The molecule has 1 fully saturated rings. The predicted molar refractivity (Wildman–Crippen MR) is 108 cm³/mol. The minimum absolute atomic E-state index is 0.0471. The maximum absolute atomic E-state index is 12.4. The van der Waals surface area contributed by atoms with Crippen LogP contribution in [-0.2, 0) is 16.0 Å². The zero-order valence-electron chi connectivity index (χ0n) is 15.7. The van der Waals surface area contributed by atoms with Gasteiger partial charge in [0.15, 0.2) is 5.13 Å². The van der Waals surface area contributed by atoms with Crippen LogP contribution < -0.4 is 10.6 Å². The van der Waals surface area contributed by atoms with Crippen molar-refractivity contribution in [3.05, 3.63) is 41.4 Å². The Morgan fingerprint density at radius 1 is 1.04 bits per heavy atom.